The van der Waals surface area contributed by atoms with Gasteiger partial charge in [0.1, 0.15) is 6.54 Å². The summed E-state index contributed by atoms with van der Waals surface area (Å²) in [7, 11) is 1.90. The fourth-order valence-electron chi connectivity index (χ4n) is 3.71. The maximum absolute atomic E-state index is 13.2. The zero-order valence-electron chi connectivity index (χ0n) is 15.4. The quantitative estimate of drug-likeness (QED) is 0.744. The van der Waals surface area contributed by atoms with E-state index in [0.29, 0.717) is 25.0 Å². The topological polar surface area (TPSA) is 64.7 Å². The zero-order valence-corrected chi connectivity index (χ0v) is 15.4. The second-order valence-corrected chi connectivity index (χ2v) is 7.09. The number of carbonyl (C=O) groups excluding carboxylic acids is 1. The minimum absolute atomic E-state index is 0.218. The van der Waals surface area contributed by atoms with Crippen LogP contribution in [0.4, 0.5) is 13.2 Å². The summed E-state index contributed by atoms with van der Waals surface area (Å²) in [6, 6.07) is 5.69. The van der Waals surface area contributed by atoms with Crippen molar-refractivity contribution in [3.63, 3.8) is 0 Å². The largest absolute Gasteiger partial charge is 0.435 e. The van der Waals surface area contributed by atoms with Gasteiger partial charge in [-0.15, -0.1) is 0 Å². The normalized spacial score (nSPS) is 14.3. The molecule has 0 saturated heterocycles. The molecule has 0 bridgehead atoms. The number of hydrogen-bond acceptors (Lipinski definition) is 3. The number of amides is 1. The molecule has 1 N–H and O–H groups in total. The molecular formula is C19H20F3N5O. The Kier molecular flexibility index (Phi) is 4.60. The number of fused-ring (bicyclic) bond motifs is 2. The van der Waals surface area contributed by atoms with Gasteiger partial charge in [0, 0.05) is 24.8 Å². The maximum atomic E-state index is 13.2. The first kappa shape index (κ1) is 18.5. The first-order valence-electron chi connectivity index (χ1n) is 9.15. The van der Waals surface area contributed by atoms with Crippen LogP contribution in [0.15, 0.2) is 24.5 Å². The van der Waals surface area contributed by atoms with Crippen molar-refractivity contribution in [2.24, 2.45) is 7.05 Å². The maximum Gasteiger partial charge on any atom is 0.435 e. The number of rotatable bonds is 4. The number of nitrogens with one attached hydrogen (secondary N) is 1. The minimum Gasteiger partial charge on any atom is -0.350 e. The Hall–Kier alpha value is -2.84. The van der Waals surface area contributed by atoms with E-state index in [1.165, 1.54) is 4.68 Å². The zero-order chi connectivity index (χ0) is 19.9. The SMILES string of the molecule is Cn1cnc2cc(CNC(=O)Cn3nc(C(F)(F)F)c4c3CCCC4)ccc21. The Morgan fingerprint density at radius 2 is 2.04 bits per heavy atom. The van der Waals surface area contributed by atoms with E-state index in [-0.39, 0.29) is 24.6 Å². The molecule has 2 heterocycles. The summed E-state index contributed by atoms with van der Waals surface area (Å²) in [5.41, 5.74) is 2.60. The second kappa shape index (κ2) is 6.96. The lowest BCUT2D eigenvalue weighted by molar-refractivity contribution is -0.142. The molecule has 0 fully saturated rings. The van der Waals surface area contributed by atoms with E-state index in [4.69, 9.17) is 0 Å². The number of aryl methyl sites for hydroxylation is 1. The van der Waals surface area contributed by atoms with E-state index in [0.717, 1.165) is 23.0 Å². The van der Waals surface area contributed by atoms with Crippen LogP contribution in [0, 0.1) is 0 Å². The van der Waals surface area contributed by atoms with Crippen molar-refractivity contribution in [1.82, 2.24) is 24.6 Å². The van der Waals surface area contributed by atoms with Crippen molar-refractivity contribution in [2.75, 3.05) is 0 Å². The van der Waals surface area contributed by atoms with Crippen LogP contribution in [-0.4, -0.2) is 25.2 Å². The summed E-state index contributed by atoms with van der Waals surface area (Å²) < 4.78 is 42.8. The number of benzene rings is 1. The van der Waals surface area contributed by atoms with Crippen LogP contribution in [0.2, 0.25) is 0 Å². The van der Waals surface area contributed by atoms with E-state index < -0.39 is 11.9 Å². The number of imidazole rings is 1. The molecular weight excluding hydrogens is 371 g/mol. The molecule has 6 nitrogen and oxygen atoms in total. The fraction of sp³-hybridized carbons (Fsp3) is 0.421. The molecule has 3 aromatic rings. The molecule has 0 saturated carbocycles. The summed E-state index contributed by atoms with van der Waals surface area (Å²) in [5.74, 6) is -0.370. The number of nitrogens with zero attached hydrogens (tertiary/aromatic N) is 4. The van der Waals surface area contributed by atoms with E-state index in [1.54, 1.807) is 6.33 Å². The Balaban J connectivity index is 1.46. The predicted octanol–water partition coefficient (Wildman–Crippen LogP) is 2.98. The first-order valence-corrected chi connectivity index (χ1v) is 9.15. The van der Waals surface area contributed by atoms with E-state index in [2.05, 4.69) is 15.4 Å². The Labute approximate surface area is 159 Å². The van der Waals surface area contributed by atoms with Gasteiger partial charge in [0.2, 0.25) is 5.91 Å². The van der Waals surface area contributed by atoms with Crippen molar-refractivity contribution < 1.29 is 18.0 Å². The van der Waals surface area contributed by atoms with E-state index in [1.807, 2.05) is 29.8 Å². The Bertz CT molecular complexity index is 1030. The van der Waals surface area contributed by atoms with Gasteiger partial charge in [-0.1, -0.05) is 6.07 Å². The molecule has 9 heteroatoms. The van der Waals surface area contributed by atoms with E-state index in [9.17, 15) is 18.0 Å². The third-order valence-electron chi connectivity index (χ3n) is 5.10. The third-order valence-corrected chi connectivity index (χ3v) is 5.10. The van der Waals surface area contributed by atoms with Crippen molar-refractivity contribution >= 4 is 16.9 Å². The smallest absolute Gasteiger partial charge is 0.350 e. The molecule has 0 unspecified atom stereocenters. The molecule has 4 rings (SSSR count). The van der Waals surface area contributed by atoms with Gasteiger partial charge in [0.25, 0.3) is 0 Å². The van der Waals surface area contributed by atoms with Gasteiger partial charge >= 0.3 is 6.18 Å². The molecule has 1 aromatic carbocycles. The van der Waals surface area contributed by atoms with Crippen molar-refractivity contribution in [2.45, 2.75) is 44.9 Å². The van der Waals surface area contributed by atoms with Gasteiger partial charge < -0.3 is 9.88 Å². The molecule has 1 aliphatic carbocycles. The highest BCUT2D eigenvalue weighted by atomic mass is 19.4. The summed E-state index contributed by atoms with van der Waals surface area (Å²) in [5, 5.41) is 6.48. The van der Waals surface area contributed by atoms with Gasteiger partial charge in [0.15, 0.2) is 5.69 Å². The summed E-state index contributed by atoms with van der Waals surface area (Å²) >= 11 is 0. The molecule has 2 aromatic heterocycles. The van der Waals surface area contributed by atoms with Crippen molar-refractivity contribution in [1.29, 1.82) is 0 Å². The molecule has 28 heavy (non-hydrogen) atoms. The minimum atomic E-state index is -4.50. The highest BCUT2D eigenvalue weighted by Crippen LogP contribution is 2.35. The Morgan fingerprint density at radius 1 is 1.25 bits per heavy atom. The number of carbonyl (C=O) groups is 1. The van der Waals surface area contributed by atoms with Crippen LogP contribution in [-0.2, 0) is 43.9 Å². The molecule has 0 aliphatic heterocycles. The van der Waals surface area contributed by atoms with Crippen LogP contribution in [0.5, 0.6) is 0 Å². The molecule has 0 spiro atoms. The third kappa shape index (κ3) is 3.48. The standard InChI is InChI=1S/C19H20F3N5O/c1-26-11-24-14-8-12(6-7-16(14)26)9-23-17(28)10-27-15-5-3-2-4-13(15)18(25-27)19(20,21)22/h6-8,11H,2-5,9-10H2,1H3,(H,23,28). The van der Waals surface area contributed by atoms with Gasteiger partial charge in [-0.25, -0.2) is 4.98 Å². The monoisotopic (exact) mass is 391 g/mol. The van der Waals surface area contributed by atoms with Crippen LogP contribution >= 0.6 is 0 Å². The van der Waals surface area contributed by atoms with Crippen molar-refractivity contribution in [3.8, 4) is 0 Å². The van der Waals surface area contributed by atoms with Gasteiger partial charge in [0.05, 0.1) is 17.4 Å². The summed E-state index contributed by atoms with van der Waals surface area (Å²) in [6.07, 6.45) is -0.392. The molecule has 1 amide bonds. The number of aromatic nitrogens is 4. The van der Waals surface area contributed by atoms with Crippen LogP contribution in [0.25, 0.3) is 11.0 Å². The molecule has 0 atom stereocenters. The number of hydrogen-bond donors (Lipinski definition) is 1. The number of alkyl halides is 3. The van der Waals surface area contributed by atoms with Crippen molar-refractivity contribution in [3.05, 3.63) is 47.0 Å². The lowest BCUT2D eigenvalue weighted by Crippen LogP contribution is -2.28. The van der Waals surface area contributed by atoms with Crippen LogP contribution < -0.4 is 5.32 Å². The van der Waals surface area contributed by atoms with Gasteiger partial charge in [-0.05, 0) is 43.4 Å². The highest BCUT2D eigenvalue weighted by Gasteiger charge is 2.39. The summed E-state index contributed by atoms with van der Waals surface area (Å²) in [4.78, 5) is 16.6. The molecule has 1 aliphatic rings. The average Bonchev–Trinajstić information content (AvgIpc) is 3.21. The lowest BCUT2D eigenvalue weighted by Gasteiger charge is -2.14. The van der Waals surface area contributed by atoms with Gasteiger partial charge in [-0.3, -0.25) is 9.48 Å². The number of halogens is 3. The fourth-order valence-corrected chi connectivity index (χ4v) is 3.71. The highest BCUT2D eigenvalue weighted by molar-refractivity contribution is 5.77. The predicted molar refractivity (Wildman–Crippen MR) is 96.4 cm³/mol. The average molecular weight is 391 g/mol. The summed E-state index contributed by atoms with van der Waals surface area (Å²) in [6.45, 7) is 0.0607. The van der Waals surface area contributed by atoms with Crippen LogP contribution in [0.1, 0.15) is 35.4 Å². The molecule has 0 radical (unpaired) electrons. The lowest BCUT2D eigenvalue weighted by atomic mass is 9.95. The van der Waals surface area contributed by atoms with Crippen LogP contribution in [0.3, 0.4) is 0 Å². The van der Waals surface area contributed by atoms with E-state index >= 15 is 0 Å². The Morgan fingerprint density at radius 3 is 2.82 bits per heavy atom. The second-order valence-electron chi connectivity index (χ2n) is 7.09. The first-order chi connectivity index (χ1) is 13.3. The molecule has 148 valence electrons. The van der Waals surface area contributed by atoms with Gasteiger partial charge in [-0.2, -0.15) is 18.3 Å².